The highest BCUT2D eigenvalue weighted by atomic mass is 16.6. The van der Waals surface area contributed by atoms with E-state index in [1.54, 1.807) is 0 Å². The van der Waals surface area contributed by atoms with Crippen LogP contribution in [-0.2, 0) is 19.1 Å². The molecule has 0 aromatic rings. The molecule has 0 rings (SSSR count). The van der Waals surface area contributed by atoms with Crippen LogP contribution in [0.2, 0.25) is 0 Å². The molecule has 0 saturated carbocycles. The summed E-state index contributed by atoms with van der Waals surface area (Å²) in [6.07, 6.45) is 15.5. The zero-order valence-corrected chi connectivity index (χ0v) is 18.6. The first-order valence-corrected chi connectivity index (χ1v) is 11.4. The van der Waals surface area contributed by atoms with Crippen LogP contribution in [0, 0.1) is 0 Å². The lowest BCUT2D eigenvalue weighted by molar-refractivity contribution is -0.161. The van der Waals surface area contributed by atoms with Crippen molar-refractivity contribution in [1.82, 2.24) is 0 Å². The van der Waals surface area contributed by atoms with E-state index in [0.29, 0.717) is 0 Å². The topological polar surface area (TPSA) is 113 Å². The van der Waals surface area contributed by atoms with Gasteiger partial charge in [0.2, 0.25) is 0 Å². The summed E-state index contributed by atoms with van der Waals surface area (Å²) in [5.41, 5.74) is 0. The molecular weight excluding hydrogens is 388 g/mol. The van der Waals surface area contributed by atoms with Crippen molar-refractivity contribution in [2.75, 3.05) is 19.8 Å². The van der Waals surface area contributed by atoms with E-state index in [1.807, 2.05) is 0 Å². The van der Waals surface area contributed by atoms with Crippen molar-refractivity contribution in [1.29, 1.82) is 0 Å². The van der Waals surface area contributed by atoms with Gasteiger partial charge in [-0.3, -0.25) is 4.79 Å². The van der Waals surface area contributed by atoms with Gasteiger partial charge in [-0.05, 0) is 32.1 Å². The predicted molar refractivity (Wildman–Crippen MR) is 116 cm³/mol. The summed E-state index contributed by atoms with van der Waals surface area (Å²) in [6, 6.07) is 0. The maximum atomic E-state index is 11.6. The third kappa shape index (κ3) is 19.9. The number of ether oxygens (including phenoxy) is 2. The Kier molecular flexibility index (Phi) is 19.8. The fourth-order valence-electron chi connectivity index (χ4n) is 2.85. The average molecular weight is 431 g/mol. The number of rotatable bonds is 20. The number of hydrogen-bond acceptors (Lipinski definition) is 7. The normalized spacial score (nSPS) is 13.3. The molecule has 176 valence electrons. The van der Waals surface area contributed by atoms with Crippen molar-refractivity contribution >= 4 is 11.9 Å². The molecular formula is C23H42O7. The van der Waals surface area contributed by atoms with Crippen LogP contribution in [0.5, 0.6) is 0 Å². The molecule has 0 aromatic heterocycles. The van der Waals surface area contributed by atoms with Gasteiger partial charge in [-0.25, -0.2) is 4.79 Å². The minimum Gasteiger partial charge on any atom is -0.460 e. The minimum atomic E-state index is -1.12. The number of aliphatic hydroxyl groups excluding tert-OH is 3. The first-order chi connectivity index (χ1) is 14.5. The first-order valence-electron chi connectivity index (χ1n) is 11.4. The van der Waals surface area contributed by atoms with Crippen LogP contribution in [0.25, 0.3) is 0 Å². The van der Waals surface area contributed by atoms with Crippen LogP contribution in [0.15, 0.2) is 12.2 Å². The molecule has 0 fully saturated rings. The zero-order chi connectivity index (χ0) is 22.5. The largest absolute Gasteiger partial charge is 0.460 e. The second-order valence-corrected chi connectivity index (χ2v) is 7.70. The maximum Gasteiger partial charge on any atom is 0.344 e. The summed E-state index contributed by atoms with van der Waals surface area (Å²) < 4.78 is 9.45. The zero-order valence-electron chi connectivity index (χ0n) is 18.6. The van der Waals surface area contributed by atoms with Crippen molar-refractivity contribution < 1.29 is 34.4 Å². The molecule has 0 saturated heterocycles. The van der Waals surface area contributed by atoms with Crippen LogP contribution < -0.4 is 0 Å². The molecule has 2 atom stereocenters. The Morgan fingerprint density at radius 1 is 0.833 bits per heavy atom. The molecule has 0 heterocycles. The Balaban J connectivity index is 3.46. The summed E-state index contributed by atoms with van der Waals surface area (Å²) in [7, 11) is 0. The van der Waals surface area contributed by atoms with Crippen LogP contribution >= 0.6 is 0 Å². The van der Waals surface area contributed by atoms with E-state index < -0.39 is 31.3 Å². The molecule has 0 aliphatic rings. The highest BCUT2D eigenvalue weighted by Gasteiger charge is 2.10. The standard InChI is InChI=1S/C23H42O7/c1-2-3-4-11-14-20(25)15-12-9-7-5-6-8-10-13-16-22(27)30-19-23(28)29-18-21(26)17-24/h9,12,20-21,24-26H,2-8,10-11,13-19H2,1H3/b12-9-/t20-,21?/m1/s1. The van der Waals surface area contributed by atoms with Crippen molar-refractivity contribution in [3.05, 3.63) is 12.2 Å². The van der Waals surface area contributed by atoms with Crippen LogP contribution in [0.3, 0.4) is 0 Å². The molecule has 0 spiro atoms. The number of esters is 2. The number of carbonyl (C=O) groups excluding carboxylic acids is 2. The van der Waals surface area contributed by atoms with Gasteiger partial charge in [-0.2, -0.15) is 0 Å². The lowest BCUT2D eigenvalue weighted by atomic mass is 10.1. The van der Waals surface area contributed by atoms with Crippen LogP contribution in [0.4, 0.5) is 0 Å². The van der Waals surface area contributed by atoms with Gasteiger partial charge in [0.05, 0.1) is 12.7 Å². The Labute approximate surface area is 181 Å². The summed E-state index contributed by atoms with van der Waals surface area (Å²) in [5.74, 6) is -1.18. The van der Waals surface area contributed by atoms with E-state index in [9.17, 15) is 14.7 Å². The molecule has 1 unspecified atom stereocenters. The Hall–Kier alpha value is -1.44. The highest BCUT2D eigenvalue weighted by molar-refractivity contribution is 5.76. The quantitative estimate of drug-likeness (QED) is 0.154. The molecule has 0 bridgehead atoms. The van der Waals surface area contributed by atoms with Gasteiger partial charge in [0.1, 0.15) is 12.7 Å². The van der Waals surface area contributed by atoms with Crippen molar-refractivity contribution in [2.45, 2.75) is 103 Å². The summed E-state index contributed by atoms with van der Waals surface area (Å²) in [6.45, 7) is 0.898. The third-order valence-corrected chi connectivity index (χ3v) is 4.72. The van der Waals surface area contributed by atoms with Gasteiger partial charge in [-0.1, -0.05) is 64.0 Å². The van der Waals surface area contributed by atoms with E-state index in [2.05, 4.69) is 23.8 Å². The smallest absolute Gasteiger partial charge is 0.344 e. The maximum absolute atomic E-state index is 11.6. The highest BCUT2D eigenvalue weighted by Crippen LogP contribution is 2.10. The summed E-state index contributed by atoms with van der Waals surface area (Å²) in [5, 5.41) is 27.5. The van der Waals surface area contributed by atoms with Gasteiger partial charge < -0.3 is 24.8 Å². The summed E-state index contributed by atoms with van der Waals surface area (Å²) >= 11 is 0. The molecule has 0 amide bonds. The van der Waals surface area contributed by atoms with Gasteiger partial charge in [0.25, 0.3) is 0 Å². The second kappa shape index (κ2) is 20.8. The van der Waals surface area contributed by atoms with Gasteiger partial charge in [0.15, 0.2) is 6.61 Å². The van der Waals surface area contributed by atoms with E-state index in [0.717, 1.165) is 57.8 Å². The van der Waals surface area contributed by atoms with Crippen LogP contribution in [-0.4, -0.2) is 59.3 Å². The molecule has 0 radical (unpaired) electrons. The van der Waals surface area contributed by atoms with Crippen molar-refractivity contribution in [3.63, 3.8) is 0 Å². The molecule has 0 aliphatic heterocycles. The average Bonchev–Trinajstić information content (AvgIpc) is 2.74. The van der Waals surface area contributed by atoms with Gasteiger partial charge in [-0.15, -0.1) is 0 Å². The van der Waals surface area contributed by atoms with E-state index in [-0.39, 0.29) is 19.1 Å². The third-order valence-electron chi connectivity index (χ3n) is 4.72. The predicted octanol–water partition coefficient (Wildman–Crippen LogP) is 3.43. The molecule has 7 nitrogen and oxygen atoms in total. The van der Waals surface area contributed by atoms with Gasteiger partial charge in [0, 0.05) is 6.42 Å². The number of unbranched alkanes of at least 4 members (excludes halogenated alkanes) is 8. The molecule has 7 heteroatoms. The van der Waals surface area contributed by atoms with E-state index in [1.165, 1.54) is 19.3 Å². The Morgan fingerprint density at radius 3 is 2.27 bits per heavy atom. The van der Waals surface area contributed by atoms with Crippen molar-refractivity contribution in [2.24, 2.45) is 0 Å². The number of aliphatic hydroxyl groups is 3. The SMILES string of the molecule is CCCCCC[C@@H](O)C/C=C\CCCCCCCC(=O)OCC(=O)OCC(O)CO. The Bertz CT molecular complexity index is 451. The van der Waals surface area contributed by atoms with E-state index in [4.69, 9.17) is 14.9 Å². The number of hydrogen-bond donors (Lipinski definition) is 3. The van der Waals surface area contributed by atoms with Crippen LogP contribution in [0.1, 0.15) is 90.4 Å². The lowest BCUT2D eigenvalue weighted by Crippen LogP contribution is -2.24. The first kappa shape index (κ1) is 28.6. The molecule has 30 heavy (non-hydrogen) atoms. The van der Waals surface area contributed by atoms with Crippen molar-refractivity contribution in [3.8, 4) is 0 Å². The molecule has 0 aliphatic carbocycles. The minimum absolute atomic E-state index is 0.216. The number of allylic oxidation sites excluding steroid dienone is 1. The fraction of sp³-hybridized carbons (Fsp3) is 0.826. The fourth-order valence-corrected chi connectivity index (χ4v) is 2.85. The summed E-state index contributed by atoms with van der Waals surface area (Å²) in [4.78, 5) is 22.8. The lowest BCUT2D eigenvalue weighted by Gasteiger charge is -2.08. The Morgan fingerprint density at radius 2 is 1.53 bits per heavy atom. The van der Waals surface area contributed by atoms with Gasteiger partial charge >= 0.3 is 11.9 Å². The molecule has 3 N–H and O–H groups in total. The molecule has 0 aromatic carbocycles. The van der Waals surface area contributed by atoms with E-state index >= 15 is 0 Å². The second-order valence-electron chi connectivity index (χ2n) is 7.70. The number of carbonyl (C=O) groups is 2. The monoisotopic (exact) mass is 430 g/mol.